The van der Waals surface area contributed by atoms with Crippen molar-refractivity contribution >= 4 is 0 Å². The molecule has 0 aromatic carbocycles. The van der Waals surface area contributed by atoms with E-state index in [1.54, 1.807) is 0 Å². The van der Waals surface area contributed by atoms with Crippen LogP contribution in [0.4, 0.5) is 0 Å². The van der Waals surface area contributed by atoms with Gasteiger partial charge >= 0.3 is 0 Å². The number of nitrogens with zero attached hydrogens (tertiary/aromatic N) is 1. The lowest BCUT2D eigenvalue weighted by molar-refractivity contribution is -0.0282. The van der Waals surface area contributed by atoms with Crippen LogP contribution in [0.25, 0.3) is 0 Å². The van der Waals surface area contributed by atoms with Crippen LogP contribution in [0.15, 0.2) is 0 Å². The van der Waals surface area contributed by atoms with Gasteiger partial charge in [0.2, 0.25) is 0 Å². The molecule has 3 heteroatoms. The topological polar surface area (TPSA) is 24.5 Å². The highest BCUT2D eigenvalue weighted by Crippen LogP contribution is 2.32. The maximum absolute atomic E-state index is 5.59. The molecule has 2 fully saturated rings. The fourth-order valence-electron chi connectivity index (χ4n) is 2.54. The van der Waals surface area contributed by atoms with E-state index in [-0.39, 0.29) is 0 Å². The second-order valence-electron chi connectivity index (χ2n) is 5.74. The Hall–Kier alpha value is -0.120. The van der Waals surface area contributed by atoms with Crippen molar-refractivity contribution in [2.24, 2.45) is 5.92 Å². The minimum atomic E-state index is 0.576. The molecule has 0 aliphatic heterocycles. The predicted octanol–water partition coefficient (Wildman–Crippen LogP) is 1.88. The summed E-state index contributed by atoms with van der Waals surface area (Å²) in [5, 5.41) is 3.57. The number of hydrogen-bond donors (Lipinski definition) is 1. The zero-order chi connectivity index (χ0) is 12.1. The summed E-state index contributed by atoms with van der Waals surface area (Å²) in [6, 6.07) is 0.849. The lowest BCUT2D eigenvalue weighted by atomic mass is 9.80. The van der Waals surface area contributed by atoms with Crippen LogP contribution in [0.3, 0.4) is 0 Å². The van der Waals surface area contributed by atoms with Crippen LogP contribution in [0.1, 0.15) is 39.0 Å². The molecule has 2 aliphatic carbocycles. The first-order chi connectivity index (χ1) is 8.28. The second kappa shape index (κ2) is 6.72. The van der Waals surface area contributed by atoms with Gasteiger partial charge < -0.3 is 15.0 Å². The lowest BCUT2D eigenvalue weighted by Gasteiger charge is -2.35. The summed E-state index contributed by atoms with van der Waals surface area (Å²) in [6.45, 7) is 6.57. The molecule has 0 aromatic heterocycles. The molecule has 2 rings (SSSR count). The minimum absolute atomic E-state index is 0.576. The maximum atomic E-state index is 5.59. The number of rotatable bonds is 9. The summed E-state index contributed by atoms with van der Waals surface area (Å²) in [4.78, 5) is 2.46. The van der Waals surface area contributed by atoms with E-state index in [0.29, 0.717) is 6.10 Å². The summed E-state index contributed by atoms with van der Waals surface area (Å²) >= 11 is 0. The predicted molar refractivity (Wildman–Crippen MR) is 71.3 cm³/mol. The molecule has 1 N–H and O–H groups in total. The van der Waals surface area contributed by atoms with E-state index in [1.807, 2.05) is 0 Å². The van der Waals surface area contributed by atoms with Crippen LogP contribution in [-0.2, 0) is 4.74 Å². The third-order valence-corrected chi connectivity index (χ3v) is 4.02. The van der Waals surface area contributed by atoms with Crippen molar-refractivity contribution in [2.75, 3.05) is 33.3 Å². The summed E-state index contributed by atoms with van der Waals surface area (Å²) < 4.78 is 5.59. The Morgan fingerprint density at radius 2 is 2.00 bits per heavy atom. The van der Waals surface area contributed by atoms with Gasteiger partial charge in [-0.25, -0.2) is 0 Å². The van der Waals surface area contributed by atoms with E-state index in [0.717, 1.165) is 25.1 Å². The Bertz CT molecular complexity index is 212. The highest BCUT2D eigenvalue weighted by molar-refractivity contribution is 4.82. The van der Waals surface area contributed by atoms with Gasteiger partial charge in [-0.05, 0) is 58.5 Å². The number of likely N-dealkylation sites (N-methyl/N-ethyl adjacent to an activating group) is 1. The van der Waals surface area contributed by atoms with Crippen LogP contribution < -0.4 is 5.32 Å². The minimum Gasteiger partial charge on any atom is -0.378 e. The van der Waals surface area contributed by atoms with Crippen molar-refractivity contribution in [1.29, 1.82) is 0 Å². The fraction of sp³-hybridized carbons (Fsp3) is 1.00. The standard InChI is InChI=1S/C14H28N2O/c1-3-17-14-10-12(11-14)6-8-16(2)9-7-15-13-4-5-13/h12-15H,3-11H2,1-2H3. The Labute approximate surface area is 106 Å². The molecule has 0 aromatic rings. The number of ether oxygens (including phenoxy) is 1. The Morgan fingerprint density at radius 1 is 1.24 bits per heavy atom. The van der Waals surface area contributed by atoms with Crippen molar-refractivity contribution < 1.29 is 4.74 Å². The summed E-state index contributed by atoms with van der Waals surface area (Å²) in [5.41, 5.74) is 0. The molecule has 2 aliphatic rings. The van der Waals surface area contributed by atoms with Gasteiger partial charge in [0.1, 0.15) is 0 Å². The van der Waals surface area contributed by atoms with E-state index in [4.69, 9.17) is 4.74 Å². The molecule has 0 heterocycles. The molecular formula is C14H28N2O. The zero-order valence-electron chi connectivity index (χ0n) is 11.5. The Kier molecular flexibility index (Phi) is 5.26. The summed E-state index contributed by atoms with van der Waals surface area (Å²) in [5.74, 6) is 0.922. The SMILES string of the molecule is CCOC1CC(CCN(C)CCNC2CC2)C1. The van der Waals surface area contributed by atoms with Crippen LogP contribution >= 0.6 is 0 Å². The van der Waals surface area contributed by atoms with Crippen LogP contribution in [0.2, 0.25) is 0 Å². The summed E-state index contributed by atoms with van der Waals surface area (Å²) in [7, 11) is 2.24. The van der Waals surface area contributed by atoms with Crippen molar-refractivity contribution in [2.45, 2.75) is 51.2 Å². The number of hydrogen-bond acceptors (Lipinski definition) is 3. The fourth-order valence-corrected chi connectivity index (χ4v) is 2.54. The average molecular weight is 240 g/mol. The Balaban J connectivity index is 1.42. The molecule has 17 heavy (non-hydrogen) atoms. The van der Waals surface area contributed by atoms with Gasteiger partial charge in [-0.1, -0.05) is 0 Å². The van der Waals surface area contributed by atoms with E-state index >= 15 is 0 Å². The maximum Gasteiger partial charge on any atom is 0.0580 e. The first-order valence-corrected chi connectivity index (χ1v) is 7.31. The zero-order valence-corrected chi connectivity index (χ0v) is 11.5. The molecule has 100 valence electrons. The van der Waals surface area contributed by atoms with E-state index in [9.17, 15) is 0 Å². The van der Waals surface area contributed by atoms with Crippen molar-refractivity contribution in [3.63, 3.8) is 0 Å². The molecule has 0 unspecified atom stereocenters. The normalized spacial score (nSPS) is 28.4. The largest absolute Gasteiger partial charge is 0.378 e. The lowest BCUT2D eigenvalue weighted by Crippen LogP contribution is -2.35. The van der Waals surface area contributed by atoms with Gasteiger partial charge in [0.05, 0.1) is 6.10 Å². The summed E-state index contributed by atoms with van der Waals surface area (Å²) in [6.07, 6.45) is 7.30. The van der Waals surface area contributed by atoms with Crippen molar-refractivity contribution in [1.82, 2.24) is 10.2 Å². The third kappa shape index (κ3) is 4.94. The monoisotopic (exact) mass is 240 g/mol. The highest BCUT2D eigenvalue weighted by Gasteiger charge is 2.29. The first-order valence-electron chi connectivity index (χ1n) is 7.31. The molecule has 0 radical (unpaired) electrons. The third-order valence-electron chi connectivity index (χ3n) is 4.02. The van der Waals surface area contributed by atoms with Crippen molar-refractivity contribution in [3.8, 4) is 0 Å². The van der Waals surface area contributed by atoms with Crippen molar-refractivity contribution in [3.05, 3.63) is 0 Å². The van der Waals surface area contributed by atoms with E-state index in [2.05, 4.69) is 24.2 Å². The molecule has 3 nitrogen and oxygen atoms in total. The smallest absolute Gasteiger partial charge is 0.0580 e. The number of nitrogens with one attached hydrogen (secondary N) is 1. The second-order valence-corrected chi connectivity index (χ2v) is 5.74. The average Bonchev–Trinajstić information content (AvgIpc) is 3.05. The van der Waals surface area contributed by atoms with Crippen LogP contribution in [0, 0.1) is 5.92 Å². The van der Waals surface area contributed by atoms with E-state index in [1.165, 1.54) is 45.2 Å². The van der Waals surface area contributed by atoms with Crippen LogP contribution in [-0.4, -0.2) is 50.3 Å². The van der Waals surface area contributed by atoms with Crippen LogP contribution in [0.5, 0.6) is 0 Å². The van der Waals surface area contributed by atoms with Gasteiger partial charge in [0, 0.05) is 25.7 Å². The molecule has 0 amide bonds. The van der Waals surface area contributed by atoms with Gasteiger partial charge in [-0.2, -0.15) is 0 Å². The first kappa shape index (κ1) is 13.3. The van der Waals surface area contributed by atoms with Gasteiger partial charge in [-0.15, -0.1) is 0 Å². The van der Waals surface area contributed by atoms with E-state index < -0.39 is 0 Å². The molecule has 0 atom stereocenters. The van der Waals surface area contributed by atoms with Gasteiger partial charge in [0.25, 0.3) is 0 Å². The quantitative estimate of drug-likeness (QED) is 0.666. The molecular weight excluding hydrogens is 212 g/mol. The molecule has 0 spiro atoms. The molecule has 2 saturated carbocycles. The molecule has 0 saturated heterocycles. The highest BCUT2D eigenvalue weighted by atomic mass is 16.5. The molecule has 0 bridgehead atoms. The Morgan fingerprint density at radius 3 is 2.65 bits per heavy atom. The van der Waals surface area contributed by atoms with Gasteiger partial charge in [0.15, 0.2) is 0 Å². The van der Waals surface area contributed by atoms with Gasteiger partial charge in [-0.3, -0.25) is 0 Å².